The van der Waals surface area contributed by atoms with Crippen molar-refractivity contribution in [2.75, 3.05) is 31.1 Å². The first-order valence-corrected chi connectivity index (χ1v) is 5.85. The number of nitrogens with two attached hydrogens (primary N) is 1. The van der Waals surface area contributed by atoms with E-state index in [0.29, 0.717) is 4.99 Å². The van der Waals surface area contributed by atoms with E-state index in [9.17, 15) is 0 Å². The van der Waals surface area contributed by atoms with Crippen LogP contribution in [0.15, 0.2) is 0 Å². The maximum absolute atomic E-state index is 5.46. The van der Waals surface area contributed by atoms with E-state index in [1.54, 1.807) is 0 Å². The molecule has 0 amide bonds. The van der Waals surface area contributed by atoms with Gasteiger partial charge >= 0.3 is 0 Å². The quantitative estimate of drug-likeness (QED) is 0.503. The Hall–Kier alpha value is 0.200. The third-order valence-corrected chi connectivity index (χ3v) is 2.59. The number of hydrogen-bond acceptors (Lipinski definition) is 3. The second-order valence-electron chi connectivity index (χ2n) is 2.53. The zero-order chi connectivity index (χ0) is 9.40. The van der Waals surface area contributed by atoms with Crippen LogP contribution in [0.3, 0.4) is 0 Å². The van der Waals surface area contributed by atoms with Crippen LogP contribution < -0.4 is 5.73 Å². The number of likely N-dealkylation sites (N-methyl/N-ethyl adjacent to an activating group) is 1. The molecule has 4 heteroatoms. The average Bonchev–Trinajstić information content (AvgIpc) is 2.02. The molecule has 12 heavy (non-hydrogen) atoms. The molecular formula is C8H18N2S2. The summed E-state index contributed by atoms with van der Waals surface area (Å²) in [6, 6.07) is 0. The number of thioether (sulfide) groups is 1. The summed E-state index contributed by atoms with van der Waals surface area (Å²) in [5.74, 6) is 2.36. The molecule has 0 rings (SSSR count). The summed E-state index contributed by atoms with van der Waals surface area (Å²) in [7, 11) is 0. The van der Waals surface area contributed by atoms with E-state index in [0.717, 1.165) is 19.6 Å². The Kier molecular flexibility index (Phi) is 7.96. The topological polar surface area (TPSA) is 29.3 Å². The van der Waals surface area contributed by atoms with Crippen molar-refractivity contribution in [2.45, 2.75) is 13.8 Å². The molecule has 72 valence electrons. The van der Waals surface area contributed by atoms with Crippen LogP contribution in [-0.4, -0.2) is 41.0 Å². The molecule has 0 saturated heterocycles. The van der Waals surface area contributed by atoms with Crippen LogP contribution in [0.4, 0.5) is 0 Å². The molecule has 0 bridgehead atoms. The van der Waals surface area contributed by atoms with Crippen molar-refractivity contribution in [2.24, 2.45) is 5.73 Å². The van der Waals surface area contributed by atoms with Crippen molar-refractivity contribution >= 4 is 29.0 Å². The maximum atomic E-state index is 5.46. The lowest BCUT2D eigenvalue weighted by Gasteiger charge is -2.18. The summed E-state index contributed by atoms with van der Waals surface area (Å²) in [5, 5.41) is 0. The third-order valence-electron chi connectivity index (χ3n) is 1.58. The molecule has 0 aliphatic rings. The van der Waals surface area contributed by atoms with Gasteiger partial charge in [0.25, 0.3) is 0 Å². The molecule has 2 N–H and O–H groups in total. The fourth-order valence-electron chi connectivity index (χ4n) is 0.907. The van der Waals surface area contributed by atoms with Crippen molar-refractivity contribution < 1.29 is 0 Å². The fraction of sp³-hybridized carbons (Fsp3) is 0.875. The molecule has 0 unspecified atom stereocenters. The molecule has 0 radical (unpaired) electrons. The SMILES string of the molecule is CCSCCN(CC)CC(N)=S. The van der Waals surface area contributed by atoms with Gasteiger partial charge in [-0.25, -0.2) is 0 Å². The van der Waals surface area contributed by atoms with Crippen LogP contribution >= 0.6 is 24.0 Å². The highest BCUT2D eigenvalue weighted by molar-refractivity contribution is 7.99. The first kappa shape index (κ1) is 12.2. The van der Waals surface area contributed by atoms with Crippen molar-refractivity contribution in [1.29, 1.82) is 0 Å². The van der Waals surface area contributed by atoms with Gasteiger partial charge in [-0.3, -0.25) is 4.90 Å². The molecule has 0 aromatic rings. The van der Waals surface area contributed by atoms with Crippen LogP contribution in [0, 0.1) is 0 Å². The van der Waals surface area contributed by atoms with Gasteiger partial charge in [0.1, 0.15) is 0 Å². The normalized spacial score (nSPS) is 10.6. The Bertz CT molecular complexity index is 128. The predicted octanol–water partition coefficient (Wildman–Crippen LogP) is 1.35. The van der Waals surface area contributed by atoms with Gasteiger partial charge in [0.15, 0.2) is 0 Å². The second kappa shape index (κ2) is 7.83. The standard InChI is InChI=1S/C8H18N2S2/c1-3-10(7-8(9)11)5-6-12-4-2/h3-7H2,1-2H3,(H2,9,11). The van der Waals surface area contributed by atoms with Crippen LogP contribution in [0.1, 0.15) is 13.8 Å². The van der Waals surface area contributed by atoms with E-state index < -0.39 is 0 Å². The van der Waals surface area contributed by atoms with Crippen LogP contribution in [0.25, 0.3) is 0 Å². The number of nitrogens with zero attached hydrogens (tertiary/aromatic N) is 1. The molecule has 0 aliphatic carbocycles. The molecule has 0 saturated carbocycles. The summed E-state index contributed by atoms with van der Waals surface area (Å²) in [6.07, 6.45) is 0. The number of rotatable bonds is 7. The average molecular weight is 206 g/mol. The Morgan fingerprint density at radius 3 is 2.58 bits per heavy atom. The van der Waals surface area contributed by atoms with E-state index in [-0.39, 0.29) is 0 Å². The van der Waals surface area contributed by atoms with Gasteiger partial charge in [-0.1, -0.05) is 26.1 Å². The summed E-state index contributed by atoms with van der Waals surface area (Å²) < 4.78 is 0. The molecule has 0 aromatic carbocycles. The lowest BCUT2D eigenvalue weighted by atomic mass is 10.5. The van der Waals surface area contributed by atoms with Crippen LogP contribution in [0.2, 0.25) is 0 Å². The number of hydrogen-bond donors (Lipinski definition) is 1. The molecule has 0 heterocycles. The first-order chi connectivity index (χ1) is 5.70. The second-order valence-corrected chi connectivity index (χ2v) is 4.45. The summed E-state index contributed by atoms with van der Waals surface area (Å²) in [6.45, 7) is 7.19. The molecule has 0 atom stereocenters. The van der Waals surface area contributed by atoms with Gasteiger partial charge in [0, 0.05) is 18.8 Å². The van der Waals surface area contributed by atoms with Gasteiger partial charge < -0.3 is 5.73 Å². The molecule has 2 nitrogen and oxygen atoms in total. The van der Waals surface area contributed by atoms with Gasteiger partial charge in [0.05, 0.1) is 4.99 Å². The van der Waals surface area contributed by atoms with Crippen molar-refractivity contribution in [3.05, 3.63) is 0 Å². The maximum Gasteiger partial charge on any atom is 0.0870 e. The summed E-state index contributed by atoms with van der Waals surface area (Å²) in [4.78, 5) is 2.86. The Morgan fingerprint density at radius 2 is 2.17 bits per heavy atom. The van der Waals surface area contributed by atoms with Crippen molar-refractivity contribution in [3.63, 3.8) is 0 Å². The smallest absolute Gasteiger partial charge is 0.0870 e. The largest absolute Gasteiger partial charge is 0.392 e. The van der Waals surface area contributed by atoms with E-state index in [2.05, 4.69) is 18.7 Å². The lowest BCUT2D eigenvalue weighted by molar-refractivity contribution is 0.350. The minimum Gasteiger partial charge on any atom is -0.392 e. The third kappa shape index (κ3) is 6.88. The van der Waals surface area contributed by atoms with Crippen LogP contribution in [0.5, 0.6) is 0 Å². The highest BCUT2D eigenvalue weighted by Crippen LogP contribution is 1.99. The highest BCUT2D eigenvalue weighted by atomic mass is 32.2. The molecular weight excluding hydrogens is 188 g/mol. The zero-order valence-electron chi connectivity index (χ0n) is 7.88. The van der Waals surface area contributed by atoms with Crippen LogP contribution in [-0.2, 0) is 0 Å². The van der Waals surface area contributed by atoms with Crippen molar-refractivity contribution in [3.8, 4) is 0 Å². The van der Waals surface area contributed by atoms with E-state index in [1.165, 1.54) is 11.5 Å². The predicted molar refractivity (Wildman–Crippen MR) is 61.9 cm³/mol. The van der Waals surface area contributed by atoms with Gasteiger partial charge in [-0.15, -0.1) is 0 Å². The van der Waals surface area contributed by atoms with Gasteiger partial charge in [0.2, 0.25) is 0 Å². The minimum absolute atomic E-state index is 0.596. The Balaban J connectivity index is 3.46. The minimum atomic E-state index is 0.596. The van der Waals surface area contributed by atoms with Gasteiger partial charge in [-0.2, -0.15) is 11.8 Å². The zero-order valence-corrected chi connectivity index (χ0v) is 9.51. The van der Waals surface area contributed by atoms with E-state index in [4.69, 9.17) is 18.0 Å². The molecule has 0 aromatic heterocycles. The monoisotopic (exact) mass is 206 g/mol. The van der Waals surface area contributed by atoms with Gasteiger partial charge in [-0.05, 0) is 12.3 Å². The summed E-state index contributed by atoms with van der Waals surface area (Å²) in [5.41, 5.74) is 5.46. The summed E-state index contributed by atoms with van der Waals surface area (Å²) >= 11 is 6.80. The Labute approximate surface area is 84.9 Å². The Morgan fingerprint density at radius 1 is 1.50 bits per heavy atom. The first-order valence-electron chi connectivity index (χ1n) is 4.29. The fourth-order valence-corrected chi connectivity index (χ4v) is 1.77. The molecule has 0 fully saturated rings. The van der Waals surface area contributed by atoms with Crippen molar-refractivity contribution in [1.82, 2.24) is 4.90 Å². The molecule has 0 spiro atoms. The van der Waals surface area contributed by atoms with E-state index in [1.807, 2.05) is 11.8 Å². The lowest BCUT2D eigenvalue weighted by Crippen LogP contribution is -2.34. The number of thiocarbonyl (C=S) groups is 1. The molecule has 0 aliphatic heterocycles. The van der Waals surface area contributed by atoms with E-state index >= 15 is 0 Å². The highest BCUT2D eigenvalue weighted by Gasteiger charge is 2.02.